The summed E-state index contributed by atoms with van der Waals surface area (Å²) in [7, 11) is 1.34. The number of anilines is 1. The molecular formula is C20H22ClN3O4S2. The molecule has 0 spiro atoms. The molecule has 10 heteroatoms. The summed E-state index contributed by atoms with van der Waals surface area (Å²) in [5.41, 5.74) is 0.819. The van der Waals surface area contributed by atoms with Crippen LogP contribution in [0, 0.1) is 0 Å². The van der Waals surface area contributed by atoms with Crippen molar-refractivity contribution in [3.8, 4) is 0 Å². The highest BCUT2D eigenvalue weighted by Gasteiger charge is 2.30. The minimum atomic E-state index is -0.443. The largest absolute Gasteiger partial charge is 0.465 e. The lowest BCUT2D eigenvalue weighted by Crippen LogP contribution is -2.53. The zero-order chi connectivity index (χ0) is 21.3. The fourth-order valence-corrected chi connectivity index (χ4v) is 5.44. The van der Waals surface area contributed by atoms with Gasteiger partial charge in [0.2, 0.25) is 0 Å². The molecule has 160 valence electrons. The van der Waals surface area contributed by atoms with E-state index in [-0.39, 0.29) is 12.0 Å². The maximum absolute atomic E-state index is 12.5. The standard InChI is InChI=1S/C20H22ClN3O4S2/c1-27-19(26)17-16(21)13-5-4-12(11-15(13)30-17)22-20(29)24-8-6-23(7-9-24)18(25)14-3-2-10-28-14/h4-5,11,14H,2-3,6-10H2,1H3,(H,22,29)/t14-/m0/s1. The van der Waals surface area contributed by atoms with Gasteiger partial charge in [0.05, 0.1) is 12.1 Å². The van der Waals surface area contributed by atoms with Gasteiger partial charge in [0, 0.05) is 48.6 Å². The molecule has 4 rings (SSSR count). The van der Waals surface area contributed by atoms with E-state index < -0.39 is 5.97 Å². The number of thiophene rings is 1. The number of esters is 1. The van der Waals surface area contributed by atoms with E-state index in [0.717, 1.165) is 28.6 Å². The van der Waals surface area contributed by atoms with E-state index in [2.05, 4.69) is 10.2 Å². The minimum absolute atomic E-state index is 0.0902. The number of fused-ring (bicyclic) bond motifs is 1. The van der Waals surface area contributed by atoms with E-state index in [1.54, 1.807) is 0 Å². The Kier molecular flexibility index (Phi) is 6.43. The van der Waals surface area contributed by atoms with E-state index in [4.69, 9.17) is 33.3 Å². The predicted molar refractivity (Wildman–Crippen MR) is 122 cm³/mol. The molecule has 1 N–H and O–H groups in total. The summed E-state index contributed by atoms with van der Waals surface area (Å²) in [6.45, 7) is 3.27. The third-order valence-corrected chi connectivity index (χ3v) is 7.33. The molecule has 1 aromatic carbocycles. The molecule has 0 aliphatic carbocycles. The highest BCUT2D eigenvalue weighted by atomic mass is 35.5. The molecule has 2 aliphatic rings. The predicted octanol–water partition coefficient (Wildman–Crippen LogP) is 3.36. The van der Waals surface area contributed by atoms with Crippen LogP contribution in [0.25, 0.3) is 10.1 Å². The molecule has 1 aromatic heterocycles. The van der Waals surface area contributed by atoms with Crippen molar-refractivity contribution in [2.24, 2.45) is 0 Å². The molecule has 30 heavy (non-hydrogen) atoms. The topological polar surface area (TPSA) is 71.1 Å². The maximum atomic E-state index is 12.5. The van der Waals surface area contributed by atoms with E-state index in [1.807, 2.05) is 23.1 Å². The first-order valence-corrected chi connectivity index (χ1v) is 11.3. The highest BCUT2D eigenvalue weighted by Crippen LogP contribution is 2.37. The third kappa shape index (κ3) is 4.25. The fourth-order valence-electron chi connectivity index (χ4n) is 3.68. The average molecular weight is 468 g/mol. The number of nitrogens with zero attached hydrogens (tertiary/aromatic N) is 2. The number of hydrogen-bond donors (Lipinski definition) is 1. The van der Waals surface area contributed by atoms with Crippen LogP contribution in [0.15, 0.2) is 18.2 Å². The first-order chi connectivity index (χ1) is 14.5. The second kappa shape index (κ2) is 9.05. The van der Waals surface area contributed by atoms with Gasteiger partial charge in [-0.1, -0.05) is 11.6 Å². The normalized spacial score (nSPS) is 19.2. The quantitative estimate of drug-likeness (QED) is 0.548. The molecule has 0 unspecified atom stereocenters. The van der Waals surface area contributed by atoms with Crippen LogP contribution in [0.1, 0.15) is 22.5 Å². The number of piperazine rings is 1. The van der Waals surface area contributed by atoms with Crippen LogP contribution < -0.4 is 5.32 Å². The van der Waals surface area contributed by atoms with Crippen LogP contribution in [0.2, 0.25) is 5.02 Å². The molecule has 7 nitrogen and oxygen atoms in total. The molecule has 2 saturated heterocycles. The Balaban J connectivity index is 1.37. The van der Waals surface area contributed by atoms with Gasteiger partial charge in [0.25, 0.3) is 5.91 Å². The van der Waals surface area contributed by atoms with Crippen molar-refractivity contribution in [2.75, 3.05) is 45.2 Å². The number of nitrogens with one attached hydrogen (secondary N) is 1. The van der Waals surface area contributed by atoms with Crippen LogP contribution >= 0.6 is 35.2 Å². The van der Waals surface area contributed by atoms with Crippen molar-refractivity contribution in [1.82, 2.24) is 9.80 Å². The van der Waals surface area contributed by atoms with Crippen molar-refractivity contribution in [3.63, 3.8) is 0 Å². The molecule has 2 aromatic rings. The number of carbonyl (C=O) groups excluding carboxylic acids is 2. The monoisotopic (exact) mass is 467 g/mol. The Hall–Kier alpha value is -1.94. The van der Waals surface area contributed by atoms with Crippen LogP contribution in [0.5, 0.6) is 0 Å². The fraction of sp³-hybridized carbons (Fsp3) is 0.450. The Bertz CT molecular complexity index is 982. The zero-order valence-electron chi connectivity index (χ0n) is 16.5. The molecule has 3 heterocycles. The Morgan fingerprint density at radius 3 is 2.67 bits per heavy atom. The van der Waals surface area contributed by atoms with Gasteiger partial charge in [-0.15, -0.1) is 11.3 Å². The lowest BCUT2D eigenvalue weighted by molar-refractivity contribution is -0.142. The Morgan fingerprint density at radius 1 is 1.27 bits per heavy atom. The van der Waals surface area contributed by atoms with Gasteiger partial charge in [0.1, 0.15) is 11.0 Å². The number of hydrogen-bond acceptors (Lipinski definition) is 6. The average Bonchev–Trinajstić information content (AvgIpc) is 3.41. The first-order valence-electron chi connectivity index (χ1n) is 9.74. The van der Waals surface area contributed by atoms with Crippen LogP contribution in [-0.2, 0) is 14.3 Å². The molecule has 0 bridgehead atoms. The number of thiocarbonyl (C=S) groups is 1. The summed E-state index contributed by atoms with van der Waals surface area (Å²) >= 11 is 13.2. The lowest BCUT2D eigenvalue weighted by Gasteiger charge is -2.37. The maximum Gasteiger partial charge on any atom is 0.349 e. The summed E-state index contributed by atoms with van der Waals surface area (Å²) in [6.07, 6.45) is 1.48. The molecule has 0 radical (unpaired) electrons. The first kappa shape index (κ1) is 21.3. The molecule has 2 fully saturated rings. The van der Waals surface area contributed by atoms with E-state index >= 15 is 0 Å². The van der Waals surface area contributed by atoms with Crippen LogP contribution in [0.4, 0.5) is 5.69 Å². The summed E-state index contributed by atoms with van der Waals surface area (Å²) in [5, 5.41) is 5.07. The number of rotatable bonds is 3. The van der Waals surface area contributed by atoms with E-state index in [1.165, 1.54) is 18.4 Å². The van der Waals surface area contributed by atoms with Crippen molar-refractivity contribution in [1.29, 1.82) is 0 Å². The van der Waals surface area contributed by atoms with Crippen LogP contribution in [0.3, 0.4) is 0 Å². The third-order valence-electron chi connectivity index (χ3n) is 5.34. The molecule has 2 aliphatic heterocycles. The number of methoxy groups -OCH3 is 1. The van der Waals surface area contributed by atoms with Crippen LogP contribution in [-0.4, -0.2) is 72.8 Å². The van der Waals surface area contributed by atoms with Gasteiger partial charge in [0.15, 0.2) is 5.11 Å². The second-order valence-corrected chi connectivity index (χ2v) is 9.01. The summed E-state index contributed by atoms with van der Waals surface area (Å²) < 4.78 is 11.2. The molecular weight excluding hydrogens is 446 g/mol. The SMILES string of the molecule is COC(=O)c1sc2cc(NC(=S)N3CCN(C(=O)[C@@H]4CCCO4)CC3)ccc2c1Cl. The lowest BCUT2D eigenvalue weighted by atomic mass is 10.2. The Morgan fingerprint density at radius 2 is 2.00 bits per heavy atom. The molecule has 1 atom stereocenters. The summed E-state index contributed by atoms with van der Waals surface area (Å²) in [5.74, 6) is -0.353. The smallest absolute Gasteiger partial charge is 0.349 e. The molecule has 0 saturated carbocycles. The second-order valence-electron chi connectivity index (χ2n) is 7.19. The number of carbonyl (C=O) groups is 2. The minimum Gasteiger partial charge on any atom is -0.465 e. The van der Waals surface area contributed by atoms with Gasteiger partial charge < -0.3 is 24.6 Å². The van der Waals surface area contributed by atoms with E-state index in [0.29, 0.717) is 47.8 Å². The van der Waals surface area contributed by atoms with Gasteiger partial charge in [-0.2, -0.15) is 0 Å². The van der Waals surface area contributed by atoms with Gasteiger partial charge in [-0.3, -0.25) is 4.79 Å². The number of ether oxygens (including phenoxy) is 2. The highest BCUT2D eigenvalue weighted by molar-refractivity contribution is 7.80. The van der Waals surface area contributed by atoms with Crippen molar-refractivity contribution >= 4 is 67.9 Å². The number of halogens is 1. The molecule has 1 amide bonds. The van der Waals surface area contributed by atoms with Gasteiger partial charge in [-0.05, 0) is 43.3 Å². The van der Waals surface area contributed by atoms with E-state index in [9.17, 15) is 9.59 Å². The van der Waals surface area contributed by atoms with Gasteiger partial charge >= 0.3 is 5.97 Å². The summed E-state index contributed by atoms with van der Waals surface area (Å²) in [4.78, 5) is 28.6. The van der Waals surface area contributed by atoms with Crippen molar-refractivity contribution in [3.05, 3.63) is 28.1 Å². The van der Waals surface area contributed by atoms with Crippen molar-refractivity contribution in [2.45, 2.75) is 18.9 Å². The Labute approximate surface area is 188 Å². The van der Waals surface area contributed by atoms with Gasteiger partial charge in [-0.25, -0.2) is 4.79 Å². The number of amides is 1. The summed E-state index contributed by atoms with van der Waals surface area (Å²) in [6, 6.07) is 5.66. The van der Waals surface area contributed by atoms with Crippen molar-refractivity contribution < 1.29 is 19.1 Å². The zero-order valence-corrected chi connectivity index (χ0v) is 18.9. The number of benzene rings is 1.